The van der Waals surface area contributed by atoms with Gasteiger partial charge in [0.05, 0.1) is 18.2 Å². The molecular formula is C35H44FN5O3. The third kappa shape index (κ3) is 6.61. The van der Waals surface area contributed by atoms with Crippen molar-refractivity contribution in [1.82, 2.24) is 19.8 Å². The van der Waals surface area contributed by atoms with Gasteiger partial charge in [0.2, 0.25) is 0 Å². The van der Waals surface area contributed by atoms with Gasteiger partial charge in [-0.25, -0.2) is 14.2 Å². The number of carbonyl (C=O) groups excluding carboxylic acids is 1. The number of nitrogens with one attached hydrogen (secondary N) is 1. The van der Waals surface area contributed by atoms with Crippen molar-refractivity contribution in [3.05, 3.63) is 83.7 Å². The van der Waals surface area contributed by atoms with Crippen LogP contribution < -0.4 is 10.1 Å². The molecule has 4 atom stereocenters. The van der Waals surface area contributed by atoms with Gasteiger partial charge in [0, 0.05) is 43.4 Å². The molecule has 9 heteroatoms. The van der Waals surface area contributed by atoms with Gasteiger partial charge in [-0.1, -0.05) is 12.1 Å². The molecule has 2 heterocycles. The summed E-state index contributed by atoms with van der Waals surface area (Å²) in [5, 5.41) is 11.6. The maximum atomic E-state index is 15.0. The molecule has 1 amide bonds. The van der Waals surface area contributed by atoms with Crippen LogP contribution in [0.15, 0.2) is 60.9 Å². The summed E-state index contributed by atoms with van der Waals surface area (Å²) in [6.45, 7) is 7.66. The van der Waals surface area contributed by atoms with Gasteiger partial charge in [0.25, 0.3) is 0 Å². The van der Waals surface area contributed by atoms with E-state index in [1.165, 1.54) is 6.07 Å². The van der Waals surface area contributed by atoms with Crippen LogP contribution in [0.4, 0.5) is 9.18 Å². The van der Waals surface area contributed by atoms with Crippen molar-refractivity contribution in [1.29, 1.82) is 5.26 Å². The predicted octanol–water partition coefficient (Wildman–Crippen LogP) is 6.41. The van der Waals surface area contributed by atoms with E-state index in [0.29, 0.717) is 12.2 Å². The van der Waals surface area contributed by atoms with Gasteiger partial charge in [-0.3, -0.25) is 0 Å². The first-order valence-electron chi connectivity index (χ1n) is 15.9. The maximum Gasteiger partial charge on any atom is 0.407 e. The normalized spacial score (nSPS) is 21.2. The van der Waals surface area contributed by atoms with Crippen LogP contribution in [-0.2, 0) is 10.2 Å². The van der Waals surface area contributed by atoms with Gasteiger partial charge < -0.3 is 24.3 Å². The first kappa shape index (κ1) is 31.5. The summed E-state index contributed by atoms with van der Waals surface area (Å²) in [5.41, 5.74) is 1.12. The minimum atomic E-state index is -0.479. The molecule has 2 aromatic carbocycles. The highest BCUT2D eigenvalue weighted by Crippen LogP contribution is 2.56. The Labute approximate surface area is 260 Å². The van der Waals surface area contributed by atoms with E-state index in [9.17, 15) is 4.79 Å². The van der Waals surface area contributed by atoms with E-state index in [2.05, 4.69) is 38.8 Å². The summed E-state index contributed by atoms with van der Waals surface area (Å²) in [6, 6.07) is 16.4. The van der Waals surface area contributed by atoms with E-state index in [1.807, 2.05) is 37.5 Å². The number of aromatic nitrogens is 2. The van der Waals surface area contributed by atoms with Gasteiger partial charge in [-0.15, -0.1) is 0 Å². The molecule has 0 radical (unpaired) electrons. The highest BCUT2D eigenvalue weighted by molar-refractivity contribution is 5.67. The molecule has 2 aliphatic rings. The summed E-state index contributed by atoms with van der Waals surface area (Å²) < 4.78 is 29.2. The minimum absolute atomic E-state index is 0.0239. The van der Waals surface area contributed by atoms with Crippen LogP contribution in [0.5, 0.6) is 5.75 Å². The second-order valence-electron chi connectivity index (χ2n) is 12.2. The van der Waals surface area contributed by atoms with E-state index in [0.717, 1.165) is 75.3 Å². The molecule has 3 unspecified atom stereocenters. The number of aryl methyl sites for hydroxylation is 1. The molecular weight excluding hydrogens is 557 g/mol. The number of nitrogens with zero attached hydrogens (tertiary/aromatic N) is 4. The number of carbonyl (C=O) groups is 1. The lowest BCUT2D eigenvalue weighted by Gasteiger charge is -2.53. The summed E-state index contributed by atoms with van der Waals surface area (Å²) in [4.78, 5) is 19.6. The lowest BCUT2D eigenvalue weighted by molar-refractivity contribution is -0.0113. The third-order valence-electron chi connectivity index (χ3n) is 9.96. The zero-order valence-corrected chi connectivity index (χ0v) is 26.0. The SMILES string of the molecule is CNC(=O)OC1CCCC1C(c1cccc(F)c1)(C1CCN(CCCOc2ccc(C#N)cc2)CC1)[C@H](C)n1ccnc1C. The lowest BCUT2D eigenvalue weighted by atomic mass is 9.55. The van der Waals surface area contributed by atoms with Crippen LogP contribution in [0.25, 0.3) is 0 Å². The van der Waals surface area contributed by atoms with Crippen LogP contribution >= 0.6 is 0 Å². The number of amides is 1. The Morgan fingerprint density at radius 3 is 2.61 bits per heavy atom. The molecule has 2 fully saturated rings. The number of hydrogen-bond donors (Lipinski definition) is 1. The van der Waals surface area contributed by atoms with Gasteiger partial charge in [0.1, 0.15) is 23.5 Å². The molecule has 1 saturated carbocycles. The van der Waals surface area contributed by atoms with Gasteiger partial charge in [-0.05, 0) is 113 Å². The molecule has 1 saturated heterocycles. The van der Waals surface area contributed by atoms with Crippen molar-refractivity contribution in [2.75, 3.05) is 33.3 Å². The highest BCUT2D eigenvalue weighted by atomic mass is 19.1. The van der Waals surface area contributed by atoms with Crippen LogP contribution in [0.2, 0.25) is 0 Å². The Hall–Kier alpha value is -3.90. The van der Waals surface area contributed by atoms with Gasteiger partial charge in [0.15, 0.2) is 0 Å². The monoisotopic (exact) mass is 601 g/mol. The fourth-order valence-corrected chi connectivity index (χ4v) is 7.98. The number of imidazole rings is 1. The molecule has 1 N–H and O–H groups in total. The molecule has 1 aliphatic carbocycles. The fourth-order valence-electron chi connectivity index (χ4n) is 7.98. The summed E-state index contributed by atoms with van der Waals surface area (Å²) in [5.74, 6) is 1.71. The average molecular weight is 602 g/mol. The van der Waals surface area contributed by atoms with Crippen molar-refractivity contribution < 1.29 is 18.7 Å². The number of ether oxygens (including phenoxy) is 2. The number of alkyl carbamates (subject to hydrolysis) is 1. The number of halogens is 1. The molecule has 8 nitrogen and oxygen atoms in total. The molecule has 1 aromatic heterocycles. The highest BCUT2D eigenvalue weighted by Gasteiger charge is 2.56. The number of hydrogen-bond acceptors (Lipinski definition) is 6. The second kappa shape index (κ2) is 14.3. The third-order valence-corrected chi connectivity index (χ3v) is 9.96. The van der Waals surface area contributed by atoms with Gasteiger partial charge >= 0.3 is 6.09 Å². The Bertz CT molecular complexity index is 1430. The smallest absolute Gasteiger partial charge is 0.407 e. The number of nitriles is 1. The number of benzene rings is 2. The Balaban J connectivity index is 1.39. The molecule has 44 heavy (non-hydrogen) atoms. The zero-order chi connectivity index (χ0) is 31.1. The largest absolute Gasteiger partial charge is 0.494 e. The van der Waals surface area contributed by atoms with Crippen LogP contribution in [-0.4, -0.2) is 59.9 Å². The van der Waals surface area contributed by atoms with Crippen molar-refractivity contribution in [3.8, 4) is 11.8 Å². The van der Waals surface area contributed by atoms with Crippen molar-refractivity contribution in [3.63, 3.8) is 0 Å². The molecule has 0 spiro atoms. The molecule has 5 rings (SSSR count). The van der Waals surface area contributed by atoms with Crippen LogP contribution in [0.1, 0.15) is 68.4 Å². The number of piperidine rings is 1. The van der Waals surface area contributed by atoms with Gasteiger partial charge in [-0.2, -0.15) is 5.26 Å². The minimum Gasteiger partial charge on any atom is -0.494 e. The topological polar surface area (TPSA) is 92.4 Å². The number of rotatable bonds is 11. The van der Waals surface area contributed by atoms with Crippen LogP contribution in [0.3, 0.4) is 0 Å². The van der Waals surface area contributed by atoms with E-state index >= 15 is 4.39 Å². The van der Waals surface area contributed by atoms with Crippen LogP contribution in [0, 0.1) is 35.9 Å². The predicted molar refractivity (Wildman–Crippen MR) is 167 cm³/mol. The first-order valence-corrected chi connectivity index (χ1v) is 15.9. The van der Waals surface area contributed by atoms with Crippen molar-refractivity contribution >= 4 is 6.09 Å². The molecule has 0 bridgehead atoms. The Kier molecular flexibility index (Phi) is 10.2. The second-order valence-corrected chi connectivity index (χ2v) is 12.2. The Morgan fingerprint density at radius 1 is 1.18 bits per heavy atom. The van der Waals surface area contributed by atoms with E-state index in [-0.39, 0.29) is 29.8 Å². The zero-order valence-electron chi connectivity index (χ0n) is 26.0. The Morgan fingerprint density at radius 2 is 1.95 bits per heavy atom. The fraction of sp³-hybridized carbons (Fsp3) is 0.514. The van der Waals surface area contributed by atoms with E-state index in [1.54, 1.807) is 25.2 Å². The molecule has 3 aromatic rings. The first-order chi connectivity index (χ1) is 21.4. The average Bonchev–Trinajstić information content (AvgIpc) is 3.69. The van der Waals surface area contributed by atoms with E-state index < -0.39 is 11.5 Å². The summed E-state index contributed by atoms with van der Waals surface area (Å²) in [6.07, 6.45) is 8.64. The quantitative estimate of drug-likeness (QED) is 0.256. The molecule has 234 valence electrons. The summed E-state index contributed by atoms with van der Waals surface area (Å²) >= 11 is 0. The van der Waals surface area contributed by atoms with Crippen molar-refractivity contribution in [2.45, 2.75) is 69.9 Å². The number of likely N-dealkylation sites (tertiary alicyclic amines) is 1. The van der Waals surface area contributed by atoms with E-state index in [4.69, 9.17) is 14.7 Å². The van der Waals surface area contributed by atoms with Crippen molar-refractivity contribution in [2.24, 2.45) is 11.8 Å². The lowest BCUT2D eigenvalue weighted by Crippen LogP contribution is -2.54. The molecule has 1 aliphatic heterocycles. The summed E-state index contributed by atoms with van der Waals surface area (Å²) in [7, 11) is 1.59. The maximum absolute atomic E-state index is 15.0. The standard InChI is InChI=1S/C35H44FN5O3/c1-25(41-21-17-39-26(41)2)35(29-7-4-8-30(36)23-29,32-9-5-10-33(32)44-34(42)38-3)28-15-19-40(20-16-28)18-6-22-43-31-13-11-27(24-37)12-14-31/h4,7-8,11-14,17,21,23,25,28,32-33H,5-6,9-10,15-16,18-20,22H2,1-3H3,(H,38,42)/t25-,32?,33?,35?/m0/s1.